The van der Waals surface area contributed by atoms with Crippen molar-refractivity contribution in [2.75, 3.05) is 14.2 Å². The molecule has 0 bridgehead atoms. The predicted octanol–water partition coefficient (Wildman–Crippen LogP) is 2.66. The summed E-state index contributed by atoms with van der Waals surface area (Å²) in [7, 11) is 3.12. The highest BCUT2D eigenvalue weighted by Gasteiger charge is 2.13. The van der Waals surface area contributed by atoms with Crippen molar-refractivity contribution in [3.8, 4) is 17.2 Å². The predicted molar refractivity (Wildman–Crippen MR) is 96.8 cm³/mol. The molecule has 0 radical (unpaired) electrons. The van der Waals surface area contributed by atoms with Crippen LogP contribution in [0.25, 0.3) is 5.69 Å². The summed E-state index contributed by atoms with van der Waals surface area (Å²) in [5.74, 6) is 0.600. The monoisotopic (exact) mass is 370 g/mol. The molecule has 27 heavy (non-hydrogen) atoms. The molecule has 0 atom stereocenters. The van der Waals surface area contributed by atoms with Crippen molar-refractivity contribution in [2.45, 2.75) is 13.5 Å². The van der Waals surface area contributed by atoms with Gasteiger partial charge in [-0.2, -0.15) is 0 Å². The molecule has 3 rings (SSSR count). The first-order valence-electron chi connectivity index (χ1n) is 8.20. The lowest BCUT2D eigenvalue weighted by Gasteiger charge is -2.10. The molecule has 0 spiro atoms. The number of benzene rings is 2. The van der Waals surface area contributed by atoms with Crippen LogP contribution in [0.15, 0.2) is 42.6 Å². The summed E-state index contributed by atoms with van der Waals surface area (Å²) in [6, 6.07) is 9.90. The van der Waals surface area contributed by atoms with E-state index in [2.05, 4.69) is 15.6 Å². The zero-order chi connectivity index (χ0) is 19.4. The van der Waals surface area contributed by atoms with Crippen molar-refractivity contribution in [1.82, 2.24) is 20.3 Å². The third kappa shape index (κ3) is 4.05. The number of hydrogen-bond acceptors (Lipinski definition) is 5. The molecule has 0 saturated carbocycles. The topological polar surface area (TPSA) is 78.3 Å². The van der Waals surface area contributed by atoms with Gasteiger partial charge in [0.25, 0.3) is 5.91 Å². The fraction of sp³-hybridized carbons (Fsp3) is 0.211. The van der Waals surface area contributed by atoms with Gasteiger partial charge in [0.2, 0.25) is 0 Å². The lowest BCUT2D eigenvalue weighted by atomic mass is 10.2. The Bertz CT molecular complexity index is 971. The fourth-order valence-electron chi connectivity index (χ4n) is 2.53. The lowest BCUT2D eigenvalue weighted by Crippen LogP contribution is -2.23. The summed E-state index contributed by atoms with van der Waals surface area (Å²) in [5, 5.41) is 10.6. The summed E-state index contributed by atoms with van der Waals surface area (Å²) in [6.45, 7) is 1.92. The van der Waals surface area contributed by atoms with Gasteiger partial charge in [-0.3, -0.25) is 4.79 Å². The molecule has 8 heteroatoms. The van der Waals surface area contributed by atoms with E-state index in [0.29, 0.717) is 22.7 Å². The van der Waals surface area contributed by atoms with Gasteiger partial charge >= 0.3 is 0 Å². The van der Waals surface area contributed by atoms with Crippen LogP contribution in [0.1, 0.15) is 21.6 Å². The van der Waals surface area contributed by atoms with Crippen molar-refractivity contribution < 1.29 is 18.7 Å². The van der Waals surface area contributed by atoms with E-state index in [1.807, 2.05) is 6.07 Å². The van der Waals surface area contributed by atoms with E-state index in [9.17, 15) is 9.18 Å². The molecule has 1 N–H and O–H groups in total. The molecule has 0 fully saturated rings. The van der Waals surface area contributed by atoms with E-state index >= 15 is 0 Å². The average molecular weight is 370 g/mol. The number of rotatable bonds is 6. The second kappa shape index (κ2) is 7.86. The maximum absolute atomic E-state index is 13.4. The Balaban J connectivity index is 1.70. The fourth-order valence-corrected chi connectivity index (χ4v) is 2.53. The number of methoxy groups -OCH3 is 2. The average Bonchev–Trinajstić information content (AvgIpc) is 3.18. The molecule has 140 valence electrons. The van der Waals surface area contributed by atoms with E-state index in [1.165, 1.54) is 16.9 Å². The Morgan fingerprint density at radius 3 is 2.70 bits per heavy atom. The van der Waals surface area contributed by atoms with Crippen molar-refractivity contribution in [1.29, 1.82) is 0 Å². The number of nitrogens with one attached hydrogen (secondary N) is 1. The minimum Gasteiger partial charge on any atom is -0.497 e. The zero-order valence-electron chi connectivity index (χ0n) is 15.2. The third-order valence-corrected chi connectivity index (χ3v) is 4.07. The van der Waals surface area contributed by atoms with Crippen molar-refractivity contribution >= 4 is 5.91 Å². The van der Waals surface area contributed by atoms with E-state index < -0.39 is 0 Å². The van der Waals surface area contributed by atoms with Crippen LogP contribution in [-0.2, 0) is 6.54 Å². The highest BCUT2D eigenvalue weighted by atomic mass is 19.1. The minimum absolute atomic E-state index is 0.157. The smallest absolute Gasteiger partial charge is 0.273 e. The highest BCUT2D eigenvalue weighted by Crippen LogP contribution is 2.24. The Kier molecular flexibility index (Phi) is 5.35. The molecule has 0 aliphatic carbocycles. The van der Waals surface area contributed by atoms with Gasteiger partial charge < -0.3 is 14.8 Å². The molecule has 0 aliphatic heterocycles. The number of aromatic nitrogens is 3. The molecular formula is C19H19FN4O3. The van der Waals surface area contributed by atoms with Crippen molar-refractivity contribution in [2.24, 2.45) is 0 Å². The Morgan fingerprint density at radius 1 is 1.19 bits per heavy atom. The molecule has 1 amide bonds. The number of halogens is 1. The summed E-state index contributed by atoms with van der Waals surface area (Å²) < 4.78 is 25.3. The number of nitrogens with zero attached hydrogens (tertiary/aromatic N) is 3. The normalized spacial score (nSPS) is 10.5. The van der Waals surface area contributed by atoms with Gasteiger partial charge in [-0.1, -0.05) is 5.21 Å². The molecule has 0 saturated heterocycles. The molecular weight excluding hydrogens is 351 g/mol. The van der Waals surface area contributed by atoms with Gasteiger partial charge in [-0.15, -0.1) is 5.10 Å². The first kappa shape index (κ1) is 18.4. The minimum atomic E-state index is -0.377. The van der Waals surface area contributed by atoms with Crippen LogP contribution in [0.4, 0.5) is 4.39 Å². The van der Waals surface area contributed by atoms with Crippen LogP contribution in [0, 0.1) is 12.7 Å². The maximum Gasteiger partial charge on any atom is 0.273 e. The van der Waals surface area contributed by atoms with E-state index in [4.69, 9.17) is 9.47 Å². The number of carbonyl (C=O) groups excluding carboxylic acids is 1. The molecule has 1 aromatic heterocycles. The van der Waals surface area contributed by atoms with E-state index in [-0.39, 0.29) is 24.0 Å². The summed E-state index contributed by atoms with van der Waals surface area (Å²) >= 11 is 0. The number of amides is 1. The molecule has 3 aromatic rings. The lowest BCUT2D eigenvalue weighted by molar-refractivity contribution is 0.0945. The van der Waals surface area contributed by atoms with Crippen LogP contribution < -0.4 is 14.8 Å². The number of carbonyl (C=O) groups is 1. The van der Waals surface area contributed by atoms with Gasteiger partial charge in [0.05, 0.1) is 26.1 Å². The molecule has 2 aromatic carbocycles. The molecule has 7 nitrogen and oxygen atoms in total. The molecule has 0 unspecified atom stereocenters. The Morgan fingerprint density at radius 2 is 2.00 bits per heavy atom. The van der Waals surface area contributed by atoms with Gasteiger partial charge in [0.15, 0.2) is 5.69 Å². The quantitative estimate of drug-likeness (QED) is 0.722. The maximum atomic E-state index is 13.4. The summed E-state index contributed by atoms with van der Waals surface area (Å²) in [6.07, 6.45) is 1.49. The zero-order valence-corrected chi connectivity index (χ0v) is 15.2. The van der Waals surface area contributed by atoms with Crippen molar-refractivity contribution in [3.63, 3.8) is 0 Å². The Hall–Kier alpha value is -3.42. The van der Waals surface area contributed by atoms with Gasteiger partial charge in [-0.05, 0) is 42.8 Å². The first-order valence-corrected chi connectivity index (χ1v) is 8.20. The number of hydrogen-bond donors (Lipinski definition) is 1. The van der Waals surface area contributed by atoms with Crippen LogP contribution in [0.2, 0.25) is 0 Å². The largest absolute Gasteiger partial charge is 0.497 e. The van der Waals surface area contributed by atoms with Gasteiger partial charge in [-0.25, -0.2) is 9.07 Å². The highest BCUT2D eigenvalue weighted by molar-refractivity contribution is 5.91. The van der Waals surface area contributed by atoms with Crippen LogP contribution in [0.5, 0.6) is 11.5 Å². The van der Waals surface area contributed by atoms with Gasteiger partial charge in [0.1, 0.15) is 17.3 Å². The third-order valence-electron chi connectivity index (χ3n) is 4.07. The van der Waals surface area contributed by atoms with Crippen molar-refractivity contribution in [3.05, 3.63) is 65.2 Å². The van der Waals surface area contributed by atoms with Crippen LogP contribution in [-0.4, -0.2) is 35.1 Å². The number of aryl methyl sites for hydroxylation is 1. The molecule has 1 heterocycles. The van der Waals surface area contributed by atoms with E-state index in [1.54, 1.807) is 45.4 Å². The summed E-state index contributed by atoms with van der Waals surface area (Å²) in [5.41, 5.74) is 2.07. The van der Waals surface area contributed by atoms with Crippen LogP contribution >= 0.6 is 0 Å². The number of ether oxygens (including phenoxy) is 2. The standard InChI is InChI=1S/C19H19FN4O3/c1-12-8-14(5-7-16(12)20)24-11-17(22-23-24)19(25)21-10-13-4-6-15(26-2)9-18(13)27-3/h4-9,11H,10H2,1-3H3,(H,21,25). The summed E-state index contributed by atoms with van der Waals surface area (Å²) in [4.78, 5) is 12.4. The van der Waals surface area contributed by atoms with Crippen LogP contribution in [0.3, 0.4) is 0 Å². The van der Waals surface area contributed by atoms with Gasteiger partial charge in [0, 0.05) is 18.2 Å². The second-order valence-electron chi connectivity index (χ2n) is 5.84. The van der Waals surface area contributed by atoms with E-state index in [0.717, 1.165) is 5.56 Å². The Labute approximate surface area is 155 Å². The molecule has 0 aliphatic rings. The first-order chi connectivity index (χ1) is 13.0. The SMILES string of the molecule is COc1ccc(CNC(=O)c2cn(-c3ccc(F)c(C)c3)nn2)c(OC)c1. The second-order valence-corrected chi connectivity index (χ2v) is 5.84.